The molecule has 110 valence electrons. The smallest absolute Gasteiger partial charge is 0.309 e. The Kier molecular flexibility index (Phi) is 4.06. The highest BCUT2D eigenvalue weighted by Crippen LogP contribution is 2.27. The number of amides is 1. The van der Waals surface area contributed by atoms with Gasteiger partial charge in [-0.15, -0.1) is 0 Å². The van der Waals surface area contributed by atoms with E-state index in [4.69, 9.17) is 0 Å². The molecule has 5 nitrogen and oxygen atoms in total. The quantitative estimate of drug-likeness (QED) is 0.941. The Labute approximate surface area is 117 Å². The summed E-state index contributed by atoms with van der Waals surface area (Å²) in [6.45, 7) is -0.528. The second kappa shape index (κ2) is 5.78. The van der Waals surface area contributed by atoms with E-state index in [9.17, 15) is 22.8 Å². The molecule has 2 rings (SSSR count). The number of hydrogen-bond acceptors (Lipinski definition) is 3. The lowest BCUT2D eigenvalue weighted by molar-refractivity contribution is -0.138. The number of carbonyl (C=O) groups excluding carboxylic acids is 1. The van der Waals surface area contributed by atoms with E-state index in [1.807, 2.05) is 0 Å². The number of nitrogens with one attached hydrogen (secondary N) is 1. The predicted octanol–water partition coefficient (Wildman–Crippen LogP) is 1.90. The minimum Gasteiger partial charge on any atom is -0.309 e. The van der Waals surface area contributed by atoms with Gasteiger partial charge in [-0.1, -0.05) is 6.07 Å². The Morgan fingerprint density at radius 3 is 2.62 bits per heavy atom. The van der Waals surface area contributed by atoms with Crippen LogP contribution in [0.4, 0.5) is 19.0 Å². The number of halogens is 3. The molecule has 0 radical (unpaired) electrons. The van der Waals surface area contributed by atoms with Gasteiger partial charge in [-0.2, -0.15) is 13.2 Å². The van der Waals surface area contributed by atoms with Crippen molar-refractivity contribution in [2.24, 2.45) is 0 Å². The lowest BCUT2D eigenvalue weighted by Crippen LogP contribution is -2.28. The molecule has 0 atom stereocenters. The van der Waals surface area contributed by atoms with E-state index in [0.29, 0.717) is 16.8 Å². The molecule has 0 unspecified atom stereocenters. The standard InChI is InChI=1S/C13H10F3N3O2/c14-13(15,16)9-4-5-12(21)19(7-9)8-11(20)18-10-3-1-2-6-17-10/h1-7H,8H2,(H,17,18,20). The number of rotatable bonds is 3. The molecule has 2 aromatic rings. The van der Waals surface area contributed by atoms with Gasteiger partial charge in [0.1, 0.15) is 12.4 Å². The van der Waals surface area contributed by atoms with Crippen LogP contribution in [0, 0.1) is 0 Å². The molecule has 0 saturated carbocycles. The number of pyridine rings is 2. The van der Waals surface area contributed by atoms with E-state index >= 15 is 0 Å². The minimum absolute atomic E-state index is 0.252. The second-order valence-electron chi connectivity index (χ2n) is 4.14. The van der Waals surface area contributed by atoms with Crippen molar-refractivity contribution < 1.29 is 18.0 Å². The van der Waals surface area contributed by atoms with Gasteiger partial charge < -0.3 is 9.88 Å². The van der Waals surface area contributed by atoms with Crippen molar-refractivity contribution in [3.05, 3.63) is 58.6 Å². The molecule has 0 saturated heterocycles. The number of aromatic nitrogens is 2. The molecule has 1 amide bonds. The van der Waals surface area contributed by atoms with Crippen molar-refractivity contribution in [3.63, 3.8) is 0 Å². The highest BCUT2D eigenvalue weighted by Gasteiger charge is 2.31. The van der Waals surface area contributed by atoms with Crippen LogP contribution in [-0.2, 0) is 17.5 Å². The highest BCUT2D eigenvalue weighted by atomic mass is 19.4. The maximum Gasteiger partial charge on any atom is 0.417 e. The molecule has 8 heteroatoms. The summed E-state index contributed by atoms with van der Waals surface area (Å²) in [6.07, 6.45) is -2.51. The van der Waals surface area contributed by atoms with Gasteiger partial charge in [-0.3, -0.25) is 9.59 Å². The Balaban J connectivity index is 2.16. The van der Waals surface area contributed by atoms with Crippen LogP contribution in [0.1, 0.15) is 5.56 Å². The van der Waals surface area contributed by atoms with E-state index in [-0.39, 0.29) is 5.82 Å². The molecule has 0 bridgehead atoms. The fourth-order valence-corrected chi connectivity index (χ4v) is 1.60. The van der Waals surface area contributed by atoms with Crippen LogP contribution in [0.3, 0.4) is 0 Å². The zero-order valence-electron chi connectivity index (χ0n) is 10.6. The van der Waals surface area contributed by atoms with Crippen molar-refractivity contribution in [2.45, 2.75) is 12.7 Å². The summed E-state index contributed by atoms with van der Waals surface area (Å²) < 4.78 is 38.4. The predicted molar refractivity (Wildman–Crippen MR) is 68.6 cm³/mol. The third-order valence-electron chi connectivity index (χ3n) is 2.56. The van der Waals surface area contributed by atoms with Crippen molar-refractivity contribution in [2.75, 3.05) is 5.32 Å². The first kappa shape index (κ1) is 14.8. The molecular formula is C13H10F3N3O2. The summed E-state index contributed by atoms with van der Waals surface area (Å²) in [6, 6.07) is 6.26. The highest BCUT2D eigenvalue weighted by molar-refractivity contribution is 5.89. The van der Waals surface area contributed by atoms with Crippen LogP contribution in [0.25, 0.3) is 0 Å². The fraction of sp³-hybridized carbons (Fsp3) is 0.154. The lowest BCUT2D eigenvalue weighted by atomic mass is 10.3. The van der Waals surface area contributed by atoms with Crippen LogP contribution in [0.2, 0.25) is 0 Å². The number of alkyl halides is 3. The van der Waals surface area contributed by atoms with Crippen molar-refractivity contribution in [3.8, 4) is 0 Å². The first-order valence-corrected chi connectivity index (χ1v) is 5.85. The summed E-state index contributed by atoms with van der Waals surface area (Å²) in [5.74, 6) is -0.391. The van der Waals surface area contributed by atoms with Gasteiger partial charge in [-0.25, -0.2) is 4.98 Å². The van der Waals surface area contributed by atoms with E-state index in [1.165, 1.54) is 12.3 Å². The van der Waals surface area contributed by atoms with Crippen molar-refractivity contribution >= 4 is 11.7 Å². The van der Waals surface area contributed by atoms with Crippen molar-refractivity contribution in [1.29, 1.82) is 0 Å². The molecule has 2 aromatic heterocycles. The van der Waals surface area contributed by atoms with Crippen LogP contribution in [0.5, 0.6) is 0 Å². The Morgan fingerprint density at radius 1 is 1.24 bits per heavy atom. The Bertz CT molecular complexity index is 696. The zero-order valence-corrected chi connectivity index (χ0v) is 10.6. The van der Waals surface area contributed by atoms with Crippen molar-refractivity contribution in [1.82, 2.24) is 9.55 Å². The maximum atomic E-state index is 12.6. The van der Waals surface area contributed by atoms with Gasteiger partial charge in [0.05, 0.1) is 5.56 Å². The second-order valence-corrected chi connectivity index (χ2v) is 4.14. The molecule has 0 aromatic carbocycles. The van der Waals surface area contributed by atoms with Crippen LogP contribution >= 0.6 is 0 Å². The van der Waals surface area contributed by atoms with Gasteiger partial charge in [0, 0.05) is 18.5 Å². The van der Waals surface area contributed by atoms with Crippen LogP contribution in [-0.4, -0.2) is 15.5 Å². The van der Waals surface area contributed by atoms with Gasteiger partial charge in [-0.05, 0) is 18.2 Å². The zero-order chi connectivity index (χ0) is 15.5. The summed E-state index contributed by atoms with van der Waals surface area (Å²) in [7, 11) is 0. The SMILES string of the molecule is O=C(Cn1cc(C(F)(F)F)ccc1=O)Nc1ccccn1. The number of carbonyl (C=O) groups is 1. The first-order valence-electron chi connectivity index (χ1n) is 5.85. The van der Waals surface area contributed by atoms with Gasteiger partial charge >= 0.3 is 6.18 Å². The third-order valence-corrected chi connectivity index (χ3v) is 2.56. The fourth-order valence-electron chi connectivity index (χ4n) is 1.60. The summed E-state index contributed by atoms with van der Waals surface area (Å²) in [5, 5.41) is 2.38. The largest absolute Gasteiger partial charge is 0.417 e. The van der Waals surface area contributed by atoms with Gasteiger partial charge in [0.2, 0.25) is 5.91 Å². The van der Waals surface area contributed by atoms with E-state index in [1.54, 1.807) is 12.1 Å². The average molecular weight is 297 g/mol. The normalized spacial score (nSPS) is 11.2. The van der Waals surface area contributed by atoms with Gasteiger partial charge in [0.25, 0.3) is 5.56 Å². The maximum absolute atomic E-state index is 12.6. The lowest BCUT2D eigenvalue weighted by Gasteiger charge is -2.10. The third kappa shape index (κ3) is 3.91. The minimum atomic E-state index is -4.58. The molecule has 0 fully saturated rings. The number of anilines is 1. The summed E-state index contributed by atoms with van der Waals surface area (Å²) in [5.41, 5.74) is -1.69. The molecule has 1 N–H and O–H groups in total. The Hall–Kier alpha value is -2.64. The number of nitrogens with zero attached hydrogens (tertiary/aromatic N) is 2. The Morgan fingerprint density at radius 2 is 2.00 bits per heavy atom. The number of hydrogen-bond donors (Lipinski definition) is 1. The molecule has 0 aliphatic carbocycles. The summed E-state index contributed by atoms with van der Waals surface area (Å²) >= 11 is 0. The molecule has 2 heterocycles. The molecule has 0 aliphatic heterocycles. The first-order chi connectivity index (χ1) is 9.86. The molecule has 0 aliphatic rings. The topological polar surface area (TPSA) is 64.0 Å². The van der Waals surface area contributed by atoms with E-state index in [0.717, 1.165) is 6.07 Å². The molecule has 0 spiro atoms. The monoisotopic (exact) mass is 297 g/mol. The van der Waals surface area contributed by atoms with Crippen LogP contribution in [0.15, 0.2) is 47.5 Å². The van der Waals surface area contributed by atoms with E-state index < -0.39 is 29.8 Å². The van der Waals surface area contributed by atoms with E-state index in [2.05, 4.69) is 10.3 Å². The van der Waals surface area contributed by atoms with Gasteiger partial charge in [0.15, 0.2) is 0 Å². The van der Waals surface area contributed by atoms with Crippen LogP contribution < -0.4 is 10.9 Å². The molecular weight excluding hydrogens is 287 g/mol. The summed E-state index contributed by atoms with van der Waals surface area (Å²) in [4.78, 5) is 27.0. The average Bonchev–Trinajstić information content (AvgIpc) is 2.41. The molecule has 21 heavy (non-hydrogen) atoms.